The van der Waals surface area contributed by atoms with Crippen molar-refractivity contribution in [3.05, 3.63) is 0 Å². The minimum atomic E-state index is 0.702. The van der Waals surface area contributed by atoms with Gasteiger partial charge in [-0.2, -0.15) is 0 Å². The van der Waals surface area contributed by atoms with E-state index in [2.05, 4.69) is 42.2 Å². The molecule has 2 saturated heterocycles. The van der Waals surface area contributed by atoms with Gasteiger partial charge in [-0.05, 0) is 38.5 Å². The lowest BCUT2D eigenvalue weighted by atomic mass is 9.99. The van der Waals surface area contributed by atoms with Crippen molar-refractivity contribution in [3.63, 3.8) is 0 Å². The van der Waals surface area contributed by atoms with Crippen LogP contribution in [0.3, 0.4) is 0 Å². The molecule has 4 aliphatic rings. The molecule has 0 aromatic carbocycles. The standard InChI is InChI=1S/C12H18S3/c1-2-8-5-6-11(13-8)7-12(11)14-9-3-4-10(9)15-12/h8-10H,2-7H2,1H3. The Balaban J connectivity index is 1.53. The Morgan fingerprint density at radius 1 is 1.07 bits per heavy atom. The second-order valence-electron chi connectivity index (χ2n) is 5.50. The van der Waals surface area contributed by atoms with Crippen LogP contribution in [0.4, 0.5) is 0 Å². The average molecular weight is 258 g/mol. The van der Waals surface area contributed by atoms with E-state index in [1.165, 1.54) is 38.5 Å². The molecule has 84 valence electrons. The fraction of sp³-hybridized carbons (Fsp3) is 1.00. The molecule has 4 fully saturated rings. The predicted octanol–water partition coefficient (Wildman–Crippen LogP) is 4.14. The summed E-state index contributed by atoms with van der Waals surface area (Å²) in [7, 11) is 0. The zero-order chi connectivity index (χ0) is 10.1. The quantitative estimate of drug-likeness (QED) is 0.694. The van der Waals surface area contributed by atoms with Crippen molar-refractivity contribution in [1.29, 1.82) is 0 Å². The summed E-state index contributed by atoms with van der Waals surface area (Å²) in [6.45, 7) is 2.37. The Morgan fingerprint density at radius 2 is 1.80 bits per heavy atom. The van der Waals surface area contributed by atoms with E-state index in [1.807, 2.05) is 0 Å². The van der Waals surface area contributed by atoms with Gasteiger partial charge in [0.2, 0.25) is 0 Å². The molecule has 2 heterocycles. The molecule has 4 rings (SSSR count). The summed E-state index contributed by atoms with van der Waals surface area (Å²) in [5, 5.41) is 3.09. The van der Waals surface area contributed by atoms with Crippen molar-refractivity contribution < 1.29 is 0 Å². The van der Waals surface area contributed by atoms with E-state index < -0.39 is 0 Å². The monoisotopic (exact) mass is 258 g/mol. The molecule has 2 aliphatic carbocycles. The van der Waals surface area contributed by atoms with E-state index in [0.717, 1.165) is 20.5 Å². The van der Waals surface area contributed by atoms with Crippen molar-refractivity contribution >= 4 is 35.3 Å². The number of hydrogen-bond acceptors (Lipinski definition) is 3. The highest BCUT2D eigenvalue weighted by Gasteiger charge is 2.75. The Bertz CT molecular complexity index is 291. The molecule has 0 aromatic rings. The Labute approximate surface area is 105 Å². The maximum Gasteiger partial charge on any atom is 0.0778 e. The normalized spacial score (nSPS) is 61.0. The van der Waals surface area contributed by atoms with Crippen molar-refractivity contribution in [2.75, 3.05) is 0 Å². The largest absolute Gasteiger partial charge is 0.149 e. The van der Waals surface area contributed by atoms with Crippen molar-refractivity contribution in [1.82, 2.24) is 0 Å². The van der Waals surface area contributed by atoms with Crippen LogP contribution < -0.4 is 0 Å². The summed E-state index contributed by atoms with van der Waals surface area (Å²) >= 11 is 7.12. The van der Waals surface area contributed by atoms with E-state index in [4.69, 9.17) is 0 Å². The van der Waals surface area contributed by atoms with Crippen LogP contribution in [-0.2, 0) is 0 Å². The molecule has 15 heavy (non-hydrogen) atoms. The summed E-state index contributed by atoms with van der Waals surface area (Å²) in [5.74, 6) is 0. The van der Waals surface area contributed by atoms with E-state index >= 15 is 0 Å². The first kappa shape index (κ1) is 10.0. The van der Waals surface area contributed by atoms with Crippen LogP contribution in [-0.4, -0.2) is 24.6 Å². The van der Waals surface area contributed by atoms with Crippen molar-refractivity contribution in [2.24, 2.45) is 0 Å². The van der Waals surface area contributed by atoms with Crippen LogP contribution in [0.5, 0.6) is 0 Å². The van der Waals surface area contributed by atoms with E-state index in [-0.39, 0.29) is 0 Å². The minimum Gasteiger partial charge on any atom is -0.149 e. The molecule has 3 heteroatoms. The third kappa shape index (κ3) is 1.21. The lowest BCUT2D eigenvalue weighted by Gasteiger charge is -2.27. The molecule has 0 bridgehead atoms. The maximum atomic E-state index is 2.38. The summed E-state index contributed by atoms with van der Waals surface area (Å²) in [6, 6.07) is 0. The Kier molecular flexibility index (Phi) is 2.06. The molecule has 0 N–H and O–H groups in total. The average Bonchev–Trinajstić information content (AvgIpc) is 2.51. The molecule has 2 spiro atoms. The third-order valence-electron chi connectivity index (χ3n) is 4.64. The minimum absolute atomic E-state index is 0.702. The van der Waals surface area contributed by atoms with Crippen LogP contribution in [0.2, 0.25) is 0 Å². The van der Waals surface area contributed by atoms with Gasteiger partial charge >= 0.3 is 0 Å². The number of fused-ring (bicyclic) bond motifs is 2. The zero-order valence-corrected chi connectivity index (χ0v) is 11.6. The SMILES string of the molecule is CCC1CCC2(CC23SC2CCC2S3)S1. The summed E-state index contributed by atoms with van der Waals surface area (Å²) in [4.78, 5) is 0. The Morgan fingerprint density at radius 3 is 2.33 bits per heavy atom. The van der Waals surface area contributed by atoms with Crippen LogP contribution in [0.25, 0.3) is 0 Å². The second-order valence-corrected chi connectivity index (χ2v) is 10.5. The first-order valence-electron chi connectivity index (χ1n) is 6.30. The van der Waals surface area contributed by atoms with E-state index in [1.54, 1.807) is 0 Å². The van der Waals surface area contributed by atoms with E-state index in [0.29, 0.717) is 4.08 Å². The van der Waals surface area contributed by atoms with Gasteiger partial charge < -0.3 is 0 Å². The molecule has 0 nitrogen and oxygen atoms in total. The van der Waals surface area contributed by atoms with Crippen molar-refractivity contribution in [3.8, 4) is 0 Å². The van der Waals surface area contributed by atoms with Gasteiger partial charge in [0, 0.05) is 20.5 Å². The molecule has 2 saturated carbocycles. The van der Waals surface area contributed by atoms with Gasteiger partial charge in [0.05, 0.1) is 4.08 Å². The van der Waals surface area contributed by atoms with Gasteiger partial charge in [0.1, 0.15) is 0 Å². The highest BCUT2D eigenvalue weighted by molar-refractivity contribution is 8.24. The summed E-state index contributed by atoms with van der Waals surface area (Å²) in [5.41, 5.74) is 0. The van der Waals surface area contributed by atoms with Gasteiger partial charge in [-0.25, -0.2) is 0 Å². The predicted molar refractivity (Wildman–Crippen MR) is 73.0 cm³/mol. The fourth-order valence-electron chi connectivity index (χ4n) is 3.38. The van der Waals surface area contributed by atoms with Crippen LogP contribution in [0.15, 0.2) is 0 Å². The first-order chi connectivity index (χ1) is 7.27. The fourth-order valence-corrected chi connectivity index (χ4v) is 10.6. The molecular formula is C12H18S3. The molecule has 4 atom stereocenters. The van der Waals surface area contributed by atoms with Crippen LogP contribution in [0.1, 0.15) is 45.4 Å². The van der Waals surface area contributed by atoms with Crippen LogP contribution >= 0.6 is 35.3 Å². The highest BCUT2D eigenvalue weighted by atomic mass is 32.2. The van der Waals surface area contributed by atoms with E-state index in [9.17, 15) is 0 Å². The molecular weight excluding hydrogens is 240 g/mol. The molecule has 2 aliphatic heterocycles. The maximum absolute atomic E-state index is 2.38. The molecule has 0 amide bonds. The Hall–Kier alpha value is 1.05. The van der Waals surface area contributed by atoms with Crippen LogP contribution in [0, 0.1) is 0 Å². The molecule has 0 radical (unpaired) electrons. The summed E-state index contributed by atoms with van der Waals surface area (Å²) < 4.78 is 1.44. The second kappa shape index (κ2) is 3.08. The first-order valence-corrected chi connectivity index (χ1v) is 8.94. The third-order valence-corrected chi connectivity index (χ3v) is 11.3. The van der Waals surface area contributed by atoms with Gasteiger partial charge in [-0.3, -0.25) is 0 Å². The highest BCUT2D eigenvalue weighted by Crippen LogP contribution is 2.82. The van der Waals surface area contributed by atoms with Gasteiger partial charge in [-0.15, -0.1) is 35.3 Å². The van der Waals surface area contributed by atoms with Gasteiger partial charge in [0.25, 0.3) is 0 Å². The topological polar surface area (TPSA) is 0 Å². The smallest absolute Gasteiger partial charge is 0.0778 e. The number of hydrogen-bond donors (Lipinski definition) is 0. The lowest BCUT2D eigenvalue weighted by Crippen LogP contribution is -2.26. The number of rotatable bonds is 1. The van der Waals surface area contributed by atoms with Crippen molar-refractivity contribution in [2.45, 2.75) is 70.0 Å². The van der Waals surface area contributed by atoms with Gasteiger partial charge in [-0.1, -0.05) is 6.92 Å². The number of thioether (sulfide) groups is 3. The molecule has 0 aromatic heterocycles. The zero-order valence-electron chi connectivity index (χ0n) is 9.20. The summed E-state index contributed by atoms with van der Waals surface area (Å²) in [6.07, 6.45) is 8.98. The van der Waals surface area contributed by atoms with Gasteiger partial charge in [0.15, 0.2) is 0 Å². The molecule has 4 unspecified atom stereocenters. The lowest BCUT2D eigenvalue weighted by molar-refractivity contribution is 0.546.